The number of nitrogens with zero attached hydrogens (tertiary/aromatic N) is 1. The fraction of sp³-hybridized carbons (Fsp3) is 0.533. The van der Waals surface area contributed by atoms with Gasteiger partial charge in [-0.05, 0) is 56.0 Å². The summed E-state index contributed by atoms with van der Waals surface area (Å²) in [4.78, 5) is 14.5. The van der Waals surface area contributed by atoms with Crippen LogP contribution in [-0.4, -0.2) is 45.1 Å². The van der Waals surface area contributed by atoms with E-state index in [1.54, 1.807) is 12.1 Å². The molecule has 116 valence electrons. The number of rotatable bonds is 4. The first kappa shape index (κ1) is 16.0. The normalized spacial score (nSPS) is 19.5. The summed E-state index contributed by atoms with van der Waals surface area (Å²) in [6, 6.07) is 6.16. The summed E-state index contributed by atoms with van der Waals surface area (Å²) in [5.74, 6) is 0.444. The fourth-order valence-corrected chi connectivity index (χ4v) is 3.38. The van der Waals surface area contributed by atoms with Crippen molar-refractivity contribution in [1.29, 1.82) is 0 Å². The molecule has 1 heterocycles. The third-order valence-electron chi connectivity index (χ3n) is 3.91. The Balaban J connectivity index is 2.09. The summed E-state index contributed by atoms with van der Waals surface area (Å²) < 4.78 is 22.8. The highest BCUT2D eigenvalue weighted by atomic mass is 32.2. The van der Waals surface area contributed by atoms with Gasteiger partial charge in [-0.25, -0.2) is 8.42 Å². The number of hydrogen-bond donors (Lipinski definition) is 1. The van der Waals surface area contributed by atoms with Crippen LogP contribution >= 0.6 is 0 Å². The molecule has 1 amide bonds. The summed E-state index contributed by atoms with van der Waals surface area (Å²) in [6.07, 6.45) is 4.22. The van der Waals surface area contributed by atoms with Gasteiger partial charge in [-0.2, -0.15) is 0 Å². The molecule has 1 aliphatic rings. The Labute approximate surface area is 126 Å². The maximum absolute atomic E-state index is 12.5. The highest BCUT2D eigenvalue weighted by Gasteiger charge is 2.24. The molecule has 5 nitrogen and oxygen atoms in total. The molecule has 6 heteroatoms. The maximum atomic E-state index is 12.5. The maximum Gasteiger partial charge on any atom is 0.253 e. The van der Waals surface area contributed by atoms with Crippen molar-refractivity contribution in [2.45, 2.75) is 24.2 Å². The molecule has 1 saturated heterocycles. The largest absolute Gasteiger partial charge is 0.338 e. The predicted molar refractivity (Wildman–Crippen MR) is 81.9 cm³/mol. The zero-order chi connectivity index (χ0) is 15.5. The van der Waals surface area contributed by atoms with Gasteiger partial charge in [0.2, 0.25) is 0 Å². The molecule has 0 radical (unpaired) electrons. The van der Waals surface area contributed by atoms with Crippen molar-refractivity contribution in [2.24, 2.45) is 11.7 Å². The number of nitrogens with two attached hydrogens (primary N) is 1. The van der Waals surface area contributed by atoms with Gasteiger partial charge in [-0.3, -0.25) is 4.79 Å². The van der Waals surface area contributed by atoms with Gasteiger partial charge in [-0.1, -0.05) is 0 Å². The number of carbonyl (C=O) groups excluding carboxylic acids is 1. The van der Waals surface area contributed by atoms with Crippen molar-refractivity contribution >= 4 is 15.7 Å². The Morgan fingerprint density at radius 1 is 1.33 bits per heavy atom. The van der Waals surface area contributed by atoms with Crippen LogP contribution in [0, 0.1) is 5.92 Å². The van der Waals surface area contributed by atoms with Gasteiger partial charge < -0.3 is 10.6 Å². The Morgan fingerprint density at radius 3 is 2.57 bits per heavy atom. The van der Waals surface area contributed by atoms with E-state index in [-0.39, 0.29) is 10.8 Å². The molecule has 2 N–H and O–H groups in total. The highest BCUT2D eigenvalue weighted by molar-refractivity contribution is 7.90. The van der Waals surface area contributed by atoms with Crippen molar-refractivity contribution in [2.75, 3.05) is 25.9 Å². The lowest BCUT2D eigenvalue weighted by Crippen LogP contribution is -2.40. The molecule has 21 heavy (non-hydrogen) atoms. The fourth-order valence-electron chi connectivity index (χ4n) is 2.75. The third kappa shape index (κ3) is 4.04. The Kier molecular flexibility index (Phi) is 5.00. The molecule has 0 aliphatic carbocycles. The summed E-state index contributed by atoms with van der Waals surface area (Å²) >= 11 is 0. The van der Waals surface area contributed by atoms with Gasteiger partial charge in [0.05, 0.1) is 4.90 Å². The SMILES string of the molecule is CS(=O)(=O)c1ccc(C(=O)N2CCCC(CCN)C2)cc1. The number of amides is 1. The van der Waals surface area contributed by atoms with Crippen molar-refractivity contribution in [3.63, 3.8) is 0 Å². The van der Waals surface area contributed by atoms with Gasteiger partial charge >= 0.3 is 0 Å². The van der Waals surface area contributed by atoms with Crippen LogP contribution in [0.2, 0.25) is 0 Å². The van der Waals surface area contributed by atoms with Crippen LogP contribution in [0.1, 0.15) is 29.6 Å². The van der Waals surface area contributed by atoms with E-state index in [2.05, 4.69) is 0 Å². The number of carbonyl (C=O) groups is 1. The lowest BCUT2D eigenvalue weighted by Gasteiger charge is -2.32. The molecule has 0 saturated carbocycles. The number of benzene rings is 1. The van der Waals surface area contributed by atoms with E-state index in [1.165, 1.54) is 12.1 Å². The zero-order valence-electron chi connectivity index (χ0n) is 12.3. The number of hydrogen-bond acceptors (Lipinski definition) is 4. The molecule has 0 bridgehead atoms. The third-order valence-corrected chi connectivity index (χ3v) is 5.04. The molecule has 1 aromatic rings. The van der Waals surface area contributed by atoms with E-state index >= 15 is 0 Å². The van der Waals surface area contributed by atoms with E-state index < -0.39 is 9.84 Å². The van der Waals surface area contributed by atoms with Crippen LogP contribution < -0.4 is 5.73 Å². The van der Waals surface area contributed by atoms with Crippen molar-refractivity contribution in [3.05, 3.63) is 29.8 Å². The van der Waals surface area contributed by atoms with Gasteiger partial charge in [0.1, 0.15) is 0 Å². The van der Waals surface area contributed by atoms with Crippen LogP contribution in [0.4, 0.5) is 0 Å². The van der Waals surface area contributed by atoms with Crippen molar-refractivity contribution in [1.82, 2.24) is 4.90 Å². The monoisotopic (exact) mass is 310 g/mol. The van der Waals surface area contributed by atoms with Gasteiger partial charge in [0, 0.05) is 24.9 Å². The Morgan fingerprint density at radius 2 is 2.00 bits per heavy atom. The molecule has 0 aromatic heterocycles. The first-order chi connectivity index (χ1) is 9.91. The topological polar surface area (TPSA) is 80.5 Å². The van der Waals surface area contributed by atoms with E-state index in [0.717, 1.165) is 38.6 Å². The number of sulfone groups is 1. The van der Waals surface area contributed by atoms with E-state index in [4.69, 9.17) is 5.73 Å². The first-order valence-corrected chi connectivity index (χ1v) is 9.10. The average Bonchev–Trinajstić information content (AvgIpc) is 2.46. The second-order valence-electron chi connectivity index (χ2n) is 5.63. The quantitative estimate of drug-likeness (QED) is 0.908. The van der Waals surface area contributed by atoms with Crippen LogP contribution in [0.5, 0.6) is 0 Å². The van der Waals surface area contributed by atoms with E-state index in [0.29, 0.717) is 18.0 Å². The molecule has 1 fully saturated rings. The minimum atomic E-state index is -3.23. The minimum Gasteiger partial charge on any atom is -0.338 e. The smallest absolute Gasteiger partial charge is 0.253 e. The van der Waals surface area contributed by atoms with Gasteiger partial charge in [0.25, 0.3) is 5.91 Å². The molecule has 1 aromatic carbocycles. The summed E-state index contributed by atoms with van der Waals surface area (Å²) in [5.41, 5.74) is 6.13. The highest BCUT2D eigenvalue weighted by Crippen LogP contribution is 2.21. The van der Waals surface area contributed by atoms with Crippen LogP contribution in [0.25, 0.3) is 0 Å². The van der Waals surface area contributed by atoms with E-state index in [1.807, 2.05) is 4.90 Å². The molecule has 1 aliphatic heterocycles. The van der Waals surface area contributed by atoms with Crippen molar-refractivity contribution < 1.29 is 13.2 Å². The molecule has 2 rings (SSSR count). The Bertz CT molecular complexity index is 594. The molecule has 0 spiro atoms. The van der Waals surface area contributed by atoms with Crippen LogP contribution in [-0.2, 0) is 9.84 Å². The standard InChI is InChI=1S/C15H22N2O3S/c1-21(19,20)14-6-4-13(5-7-14)15(18)17-10-2-3-12(11-17)8-9-16/h4-7,12H,2-3,8-11,16H2,1H3. The van der Waals surface area contributed by atoms with Crippen LogP contribution in [0.15, 0.2) is 29.2 Å². The molecular weight excluding hydrogens is 288 g/mol. The number of piperidine rings is 1. The van der Waals surface area contributed by atoms with Gasteiger partial charge in [0.15, 0.2) is 9.84 Å². The minimum absolute atomic E-state index is 0.0308. The Hall–Kier alpha value is -1.40. The van der Waals surface area contributed by atoms with E-state index in [9.17, 15) is 13.2 Å². The number of likely N-dealkylation sites (tertiary alicyclic amines) is 1. The lowest BCUT2D eigenvalue weighted by atomic mass is 9.94. The van der Waals surface area contributed by atoms with Crippen LogP contribution in [0.3, 0.4) is 0 Å². The zero-order valence-corrected chi connectivity index (χ0v) is 13.1. The first-order valence-electron chi connectivity index (χ1n) is 7.21. The molecule has 1 atom stereocenters. The second kappa shape index (κ2) is 6.58. The molecular formula is C15H22N2O3S. The summed E-state index contributed by atoms with van der Waals surface area (Å²) in [6.45, 7) is 2.15. The van der Waals surface area contributed by atoms with Gasteiger partial charge in [-0.15, -0.1) is 0 Å². The molecule has 1 unspecified atom stereocenters. The lowest BCUT2D eigenvalue weighted by molar-refractivity contribution is 0.0669. The predicted octanol–water partition coefficient (Wildman–Crippen LogP) is 1.29. The summed E-state index contributed by atoms with van der Waals surface area (Å²) in [7, 11) is -3.23. The van der Waals surface area contributed by atoms with Crippen molar-refractivity contribution in [3.8, 4) is 0 Å². The average molecular weight is 310 g/mol. The summed E-state index contributed by atoms with van der Waals surface area (Å²) in [5, 5.41) is 0. The second-order valence-corrected chi connectivity index (χ2v) is 7.65.